The van der Waals surface area contributed by atoms with Crippen LogP contribution < -0.4 is 9.80 Å². The largest absolute Gasteiger partial charge is 0.310 e. The lowest BCUT2D eigenvalue weighted by molar-refractivity contribution is 0.591. The van der Waals surface area contributed by atoms with Crippen LogP contribution in [0.15, 0.2) is 152 Å². The fourth-order valence-corrected chi connectivity index (χ4v) is 7.43. The van der Waals surface area contributed by atoms with Crippen LogP contribution in [0, 0.1) is 27.7 Å². The van der Waals surface area contributed by atoms with Gasteiger partial charge in [-0.15, -0.1) is 0 Å². The first-order valence-corrected chi connectivity index (χ1v) is 18.3. The van der Waals surface area contributed by atoms with Crippen LogP contribution >= 0.6 is 0 Å². The fraction of sp³-hybridized carbons (Fsp3) is 0.160. The van der Waals surface area contributed by atoms with Crippen molar-refractivity contribution in [3.8, 4) is 0 Å². The Morgan fingerprint density at radius 2 is 0.673 bits per heavy atom. The summed E-state index contributed by atoms with van der Waals surface area (Å²) in [7, 11) is 0. The molecule has 8 rings (SSSR count). The molecule has 0 saturated heterocycles. The molecule has 2 heteroatoms. The maximum atomic E-state index is 2.45. The van der Waals surface area contributed by atoms with E-state index in [9.17, 15) is 0 Å². The van der Waals surface area contributed by atoms with Crippen molar-refractivity contribution < 1.29 is 0 Å². The van der Waals surface area contributed by atoms with Gasteiger partial charge in [0.2, 0.25) is 0 Å². The second-order valence-corrected chi connectivity index (χ2v) is 15.5. The highest BCUT2D eigenvalue weighted by Crippen LogP contribution is 2.48. The van der Waals surface area contributed by atoms with E-state index in [0.717, 1.165) is 22.7 Å². The van der Waals surface area contributed by atoms with Gasteiger partial charge >= 0.3 is 0 Å². The molecule has 0 heterocycles. The number of anilines is 6. The maximum absolute atomic E-state index is 2.45. The first kappa shape index (κ1) is 33.3. The lowest BCUT2D eigenvalue weighted by Gasteiger charge is -2.30. The van der Waals surface area contributed by atoms with Crippen molar-refractivity contribution in [3.63, 3.8) is 0 Å². The second-order valence-electron chi connectivity index (χ2n) is 15.5. The Morgan fingerprint density at radius 1 is 0.327 bits per heavy atom. The third kappa shape index (κ3) is 6.09. The van der Waals surface area contributed by atoms with Gasteiger partial charge in [0, 0.05) is 33.5 Å². The van der Waals surface area contributed by atoms with Gasteiger partial charge < -0.3 is 9.80 Å². The van der Waals surface area contributed by atoms with Crippen molar-refractivity contribution in [1.82, 2.24) is 0 Å². The molecule has 0 unspecified atom stereocenters. The molecule has 256 valence electrons. The molecular formula is C50H46N2. The average molecular weight is 675 g/mol. The van der Waals surface area contributed by atoms with Crippen molar-refractivity contribution in [2.45, 2.75) is 53.9 Å². The Morgan fingerprint density at radius 3 is 1.06 bits per heavy atom. The summed E-state index contributed by atoms with van der Waals surface area (Å²) in [6.45, 7) is 15.5. The Bertz CT molecular complexity index is 2460. The van der Waals surface area contributed by atoms with Crippen LogP contribution in [0.4, 0.5) is 34.1 Å². The van der Waals surface area contributed by atoms with E-state index in [4.69, 9.17) is 0 Å². The average Bonchev–Trinajstić information content (AvgIpc) is 3.14. The monoisotopic (exact) mass is 674 g/mol. The van der Waals surface area contributed by atoms with Crippen LogP contribution in [-0.2, 0) is 5.41 Å². The highest BCUT2D eigenvalue weighted by molar-refractivity contribution is 6.24. The summed E-state index contributed by atoms with van der Waals surface area (Å²) in [6.07, 6.45) is 0. The highest BCUT2D eigenvalue weighted by Gasteiger charge is 2.23. The standard InChI is InChI=1S/C50H46N2/c1-33-12-21-38(22-13-33)51(39-23-14-34(2)15-24-39)48-31-46-43-29-20-37(50(5,6)7)30-47(43)49(32-45(46)42-10-8-9-11-44(42)48)52(40-25-16-35(3)17-26-40)41-27-18-36(4)19-28-41/h8-32H,1-7H3. The van der Waals surface area contributed by atoms with Gasteiger partial charge in [0.05, 0.1) is 11.4 Å². The minimum atomic E-state index is -0.0127. The van der Waals surface area contributed by atoms with E-state index in [0.29, 0.717) is 0 Å². The van der Waals surface area contributed by atoms with Gasteiger partial charge in [-0.05, 0) is 127 Å². The van der Waals surface area contributed by atoms with E-state index in [2.05, 4.69) is 210 Å². The number of rotatable bonds is 6. The van der Waals surface area contributed by atoms with Crippen LogP contribution in [0.2, 0.25) is 0 Å². The molecule has 0 radical (unpaired) electrons. The number of aryl methyl sites for hydroxylation is 4. The predicted molar refractivity (Wildman–Crippen MR) is 226 cm³/mol. The zero-order chi connectivity index (χ0) is 36.1. The maximum Gasteiger partial charge on any atom is 0.0546 e. The Hall–Kier alpha value is -5.86. The van der Waals surface area contributed by atoms with E-state index in [-0.39, 0.29) is 5.41 Å². The van der Waals surface area contributed by atoms with Crippen molar-refractivity contribution in [2.24, 2.45) is 0 Å². The Labute approximate surface area is 308 Å². The van der Waals surface area contributed by atoms with E-state index in [1.165, 1.54) is 71.5 Å². The molecule has 0 aromatic heterocycles. The topological polar surface area (TPSA) is 6.48 Å². The molecule has 2 nitrogen and oxygen atoms in total. The molecule has 0 bridgehead atoms. The summed E-state index contributed by atoms with van der Waals surface area (Å²) in [6, 6.07) is 56.6. The lowest BCUT2D eigenvalue weighted by atomic mass is 9.84. The molecule has 8 aromatic rings. The van der Waals surface area contributed by atoms with Crippen LogP contribution in [0.3, 0.4) is 0 Å². The first-order chi connectivity index (χ1) is 25.0. The number of hydrogen-bond acceptors (Lipinski definition) is 2. The van der Waals surface area contributed by atoms with Gasteiger partial charge in [-0.3, -0.25) is 0 Å². The van der Waals surface area contributed by atoms with Crippen molar-refractivity contribution in [1.29, 1.82) is 0 Å². The van der Waals surface area contributed by atoms with Crippen LogP contribution in [-0.4, -0.2) is 0 Å². The molecule has 8 aromatic carbocycles. The van der Waals surface area contributed by atoms with Gasteiger partial charge in [-0.2, -0.15) is 0 Å². The van der Waals surface area contributed by atoms with Crippen LogP contribution in [0.25, 0.3) is 32.3 Å². The molecule has 0 fully saturated rings. The van der Waals surface area contributed by atoms with E-state index in [1.54, 1.807) is 0 Å². The fourth-order valence-electron chi connectivity index (χ4n) is 7.43. The van der Waals surface area contributed by atoms with Crippen molar-refractivity contribution in [2.75, 3.05) is 9.80 Å². The Balaban J connectivity index is 1.50. The molecule has 0 aliphatic heterocycles. The van der Waals surface area contributed by atoms with Gasteiger partial charge in [0.25, 0.3) is 0 Å². The predicted octanol–water partition coefficient (Wildman–Crippen LogP) is 14.6. The zero-order valence-electron chi connectivity index (χ0n) is 31.3. The summed E-state index contributed by atoms with van der Waals surface area (Å²) in [5, 5.41) is 7.40. The molecule has 52 heavy (non-hydrogen) atoms. The number of benzene rings is 8. The summed E-state index contributed by atoms with van der Waals surface area (Å²) in [5.41, 5.74) is 13.2. The van der Waals surface area contributed by atoms with Crippen LogP contribution in [0.1, 0.15) is 48.6 Å². The van der Waals surface area contributed by atoms with Crippen LogP contribution in [0.5, 0.6) is 0 Å². The minimum absolute atomic E-state index is 0.0127. The van der Waals surface area contributed by atoms with E-state index in [1.807, 2.05) is 0 Å². The molecule has 0 N–H and O–H groups in total. The number of nitrogens with zero attached hydrogens (tertiary/aromatic N) is 2. The first-order valence-electron chi connectivity index (χ1n) is 18.3. The van der Waals surface area contributed by atoms with Gasteiger partial charge in [0.1, 0.15) is 0 Å². The highest BCUT2D eigenvalue weighted by atomic mass is 15.1. The summed E-state index contributed by atoms with van der Waals surface area (Å²) in [4.78, 5) is 4.87. The quantitative estimate of drug-likeness (QED) is 0.162. The summed E-state index contributed by atoms with van der Waals surface area (Å²) >= 11 is 0. The van der Waals surface area contributed by atoms with Crippen molar-refractivity contribution in [3.05, 3.63) is 179 Å². The minimum Gasteiger partial charge on any atom is -0.310 e. The summed E-state index contributed by atoms with van der Waals surface area (Å²) < 4.78 is 0. The number of fused-ring (bicyclic) bond motifs is 5. The normalized spacial score (nSPS) is 11.8. The van der Waals surface area contributed by atoms with Crippen molar-refractivity contribution >= 4 is 66.4 Å². The molecule has 0 saturated carbocycles. The Kier molecular flexibility index (Phi) is 8.35. The molecule has 0 aliphatic carbocycles. The van der Waals surface area contributed by atoms with E-state index < -0.39 is 0 Å². The third-order valence-electron chi connectivity index (χ3n) is 10.4. The molecule has 0 spiro atoms. The third-order valence-corrected chi connectivity index (χ3v) is 10.4. The lowest BCUT2D eigenvalue weighted by Crippen LogP contribution is -2.13. The smallest absolute Gasteiger partial charge is 0.0546 e. The number of hydrogen-bond donors (Lipinski definition) is 0. The SMILES string of the molecule is Cc1ccc(N(c2ccc(C)cc2)c2cc3c4ccc(C(C)(C)C)cc4c(N(c4ccc(C)cc4)c4ccc(C)cc4)cc3c3ccccc23)cc1. The van der Waals surface area contributed by atoms with E-state index >= 15 is 0 Å². The second kappa shape index (κ2) is 13.0. The van der Waals surface area contributed by atoms with Gasteiger partial charge in [-0.25, -0.2) is 0 Å². The van der Waals surface area contributed by atoms with Gasteiger partial charge in [0.15, 0.2) is 0 Å². The molecular weight excluding hydrogens is 629 g/mol. The molecule has 0 atom stereocenters. The summed E-state index contributed by atoms with van der Waals surface area (Å²) in [5.74, 6) is 0. The zero-order valence-corrected chi connectivity index (χ0v) is 31.3. The molecule has 0 aliphatic rings. The van der Waals surface area contributed by atoms with Gasteiger partial charge in [-0.1, -0.05) is 128 Å². The molecule has 0 amide bonds.